The predicted molar refractivity (Wildman–Crippen MR) is 217 cm³/mol. The number of phosphoric ester groups is 1. The van der Waals surface area contributed by atoms with Crippen molar-refractivity contribution in [3.05, 3.63) is 72.9 Å². The van der Waals surface area contributed by atoms with Gasteiger partial charge in [-0.3, -0.25) is 14.1 Å². The van der Waals surface area contributed by atoms with Gasteiger partial charge in [0.05, 0.1) is 12.7 Å². The average Bonchev–Trinajstić information content (AvgIpc) is 3.12. The number of unbranched alkanes of at least 4 members (excludes halogenated alkanes) is 13. The van der Waals surface area contributed by atoms with Gasteiger partial charge in [-0.25, -0.2) is 4.57 Å². The molecule has 0 heterocycles. The molecule has 53 heavy (non-hydrogen) atoms. The van der Waals surface area contributed by atoms with Crippen molar-refractivity contribution in [1.29, 1.82) is 0 Å². The molecule has 10 heteroatoms. The van der Waals surface area contributed by atoms with Crippen molar-refractivity contribution >= 4 is 19.8 Å². The molecule has 3 N–H and O–H groups in total. The van der Waals surface area contributed by atoms with E-state index in [-0.39, 0.29) is 25.6 Å². The van der Waals surface area contributed by atoms with E-state index >= 15 is 0 Å². The fourth-order valence-electron chi connectivity index (χ4n) is 5.21. The van der Waals surface area contributed by atoms with Crippen LogP contribution in [0.5, 0.6) is 0 Å². The summed E-state index contributed by atoms with van der Waals surface area (Å²) in [6.07, 6.45) is 45.2. The summed E-state index contributed by atoms with van der Waals surface area (Å²) in [6.45, 7) is 3.47. The van der Waals surface area contributed by atoms with E-state index in [4.69, 9.17) is 19.3 Å². The summed E-state index contributed by atoms with van der Waals surface area (Å²) >= 11 is 0. The highest BCUT2D eigenvalue weighted by atomic mass is 31.2. The molecule has 0 aromatic rings. The first-order valence-electron chi connectivity index (χ1n) is 20.3. The molecule has 0 unspecified atom stereocenters. The maximum Gasteiger partial charge on any atom is 0.469 e. The first-order chi connectivity index (χ1) is 25.7. The summed E-state index contributed by atoms with van der Waals surface area (Å²) in [4.78, 5) is 42.8. The lowest BCUT2D eigenvalue weighted by molar-refractivity contribution is -0.161. The van der Waals surface area contributed by atoms with Crippen LogP contribution in [-0.4, -0.2) is 52.3 Å². The molecule has 0 rings (SSSR count). The Morgan fingerprint density at radius 2 is 1.09 bits per heavy atom. The Morgan fingerprint density at radius 1 is 0.585 bits per heavy atom. The predicted octanol–water partition coefficient (Wildman–Crippen LogP) is 11.3. The maximum absolute atomic E-state index is 12.4. The Balaban J connectivity index is 4.10. The van der Waals surface area contributed by atoms with E-state index < -0.39 is 32.5 Å². The van der Waals surface area contributed by atoms with Gasteiger partial charge in [0.1, 0.15) is 6.61 Å². The molecule has 0 spiro atoms. The number of phosphoric acid groups is 1. The van der Waals surface area contributed by atoms with Crippen LogP contribution >= 0.6 is 7.82 Å². The van der Waals surface area contributed by atoms with Crippen LogP contribution in [0, 0.1) is 0 Å². The van der Waals surface area contributed by atoms with Gasteiger partial charge in [0.25, 0.3) is 0 Å². The molecule has 0 aliphatic heterocycles. The molecule has 0 amide bonds. The topological polar surface area (TPSA) is 140 Å². The Kier molecular flexibility index (Phi) is 35.9. The minimum absolute atomic E-state index is 0.111. The molecule has 0 bridgehead atoms. The third-order valence-corrected chi connectivity index (χ3v) is 8.79. The Bertz CT molecular complexity index is 1100. The third kappa shape index (κ3) is 40.5. The Hall–Kier alpha value is -2.55. The fraction of sp³-hybridized carbons (Fsp3) is 0.674. The maximum atomic E-state index is 12.4. The van der Waals surface area contributed by atoms with Gasteiger partial charge in [0, 0.05) is 12.8 Å². The van der Waals surface area contributed by atoms with Crippen molar-refractivity contribution in [3.8, 4) is 0 Å². The van der Waals surface area contributed by atoms with Crippen molar-refractivity contribution < 1.29 is 43.0 Å². The van der Waals surface area contributed by atoms with E-state index in [0.29, 0.717) is 19.3 Å². The lowest BCUT2D eigenvalue weighted by atomic mass is 10.1. The van der Waals surface area contributed by atoms with E-state index in [1.807, 2.05) is 36.5 Å². The Labute approximate surface area is 322 Å². The molecule has 2 atom stereocenters. The van der Waals surface area contributed by atoms with Crippen LogP contribution in [0.3, 0.4) is 0 Å². The van der Waals surface area contributed by atoms with E-state index in [2.05, 4.69) is 54.8 Å². The number of carbonyl (C=O) groups is 2. The van der Waals surface area contributed by atoms with Crippen LogP contribution in [-0.2, 0) is 28.2 Å². The number of esters is 2. The minimum atomic E-state index is -4.78. The van der Waals surface area contributed by atoms with Crippen molar-refractivity contribution in [2.45, 2.75) is 174 Å². The smallest absolute Gasteiger partial charge is 0.462 e. The number of hydrogen-bond acceptors (Lipinski definition) is 7. The molecule has 0 saturated heterocycles. The average molecular weight is 765 g/mol. The molecule has 0 aliphatic rings. The summed E-state index contributed by atoms with van der Waals surface area (Å²) in [5.74, 6) is -0.991. The van der Waals surface area contributed by atoms with Crippen LogP contribution in [0.1, 0.15) is 162 Å². The van der Waals surface area contributed by atoms with Crippen LogP contribution < -0.4 is 0 Å². The highest BCUT2D eigenvalue weighted by Crippen LogP contribution is 2.36. The monoisotopic (exact) mass is 764 g/mol. The fourth-order valence-corrected chi connectivity index (χ4v) is 5.57. The van der Waals surface area contributed by atoms with E-state index in [9.17, 15) is 19.3 Å². The number of carbonyl (C=O) groups excluding carboxylic acids is 2. The third-order valence-electron chi connectivity index (χ3n) is 8.30. The summed E-state index contributed by atoms with van der Waals surface area (Å²) in [5, 5.41) is 9.87. The lowest BCUT2D eigenvalue weighted by Crippen LogP contribution is -2.29. The second-order valence-electron chi connectivity index (χ2n) is 13.5. The van der Waals surface area contributed by atoms with Gasteiger partial charge < -0.3 is 24.4 Å². The summed E-state index contributed by atoms with van der Waals surface area (Å²) in [7, 11) is -4.78. The first kappa shape index (κ1) is 50.5. The van der Waals surface area contributed by atoms with Gasteiger partial charge in [-0.2, -0.15) is 0 Å². The molecular weight excluding hydrogens is 691 g/mol. The highest BCUT2D eigenvalue weighted by molar-refractivity contribution is 7.46. The van der Waals surface area contributed by atoms with Crippen LogP contribution in [0.2, 0.25) is 0 Å². The zero-order valence-corrected chi connectivity index (χ0v) is 33.9. The van der Waals surface area contributed by atoms with Crippen molar-refractivity contribution in [3.63, 3.8) is 0 Å². The summed E-state index contributed by atoms with van der Waals surface area (Å²) < 4.78 is 26.3. The zero-order valence-electron chi connectivity index (χ0n) is 33.0. The molecule has 0 radical (unpaired) electrons. The SMILES string of the molecule is CCCCC/C=C\C/C=C\CCCCCCCCCC(=O)OC[C@H](COP(=O)(O)O)OC(=O)CCC/C=C\C/C=C\C/C=C\C=C\[C@@H](O)CCCCC. The van der Waals surface area contributed by atoms with Crippen molar-refractivity contribution in [2.24, 2.45) is 0 Å². The summed E-state index contributed by atoms with van der Waals surface area (Å²) in [6, 6.07) is 0. The number of ether oxygens (including phenoxy) is 2. The van der Waals surface area contributed by atoms with Crippen molar-refractivity contribution in [2.75, 3.05) is 13.2 Å². The van der Waals surface area contributed by atoms with Crippen LogP contribution in [0.25, 0.3) is 0 Å². The zero-order chi connectivity index (χ0) is 39.1. The molecule has 0 aliphatic carbocycles. The standard InChI is InChI=1S/C43H73O9P/c1-3-5-7-8-9-10-11-12-13-14-15-16-19-22-25-28-32-36-42(45)50-38-41(39-51-53(47,48)49)52-43(46)37-33-29-26-23-20-17-18-21-24-27-31-35-40(44)34-30-6-4-2/h9-10,12-13,17-18,23-24,26-27,31,35,40-41,44H,3-8,11,14-16,19-22,25,28-30,32-34,36-39H2,1-2H3,(H2,47,48,49)/b10-9-,13-12-,18-17-,26-23-,27-24-,35-31+/t40-,41+/m0/s1. The van der Waals surface area contributed by atoms with Gasteiger partial charge in [0.15, 0.2) is 6.10 Å². The molecule has 304 valence electrons. The minimum Gasteiger partial charge on any atom is -0.462 e. The molecule has 0 aromatic carbocycles. The number of aliphatic hydroxyl groups excluding tert-OH is 1. The Morgan fingerprint density at radius 3 is 1.72 bits per heavy atom. The molecule has 0 aromatic heterocycles. The second kappa shape index (κ2) is 37.8. The molecule has 0 fully saturated rings. The highest BCUT2D eigenvalue weighted by Gasteiger charge is 2.22. The van der Waals surface area contributed by atoms with Gasteiger partial charge in [-0.05, 0) is 70.6 Å². The van der Waals surface area contributed by atoms with Gasteiger partial charge >= 0.3 is 19.8 Å². The lowest BCUT2D eigenvalue weighted by Gasteiger charge is -2.18. The van der Waals surface area contributed by atoms with E-state index in [1.54, 1.807) is 0 Å². The normalized spacial score (nSPS) is 13.8. The van der Waals surface area contributed by atoms with Crippen LogP contribution in [0.4, 0.5) is 0 Å². The molecule has 0 saturated carbocycles. The number of rotatable bonds is 36. The van der Waals surface area contributed by atoms with Gasteiger partial charge in [0.2, 0.25) is 0 Å². The largest absolute Gasteiger partial charge is 0.469 e. The quantitative estimate of drug-likeness (QED) is 0.0187. The van der Waals surface area contributed by atoms with Gasteiger partial charge in [-0.1, -0.05) is 151 Å². The van der Waals surface area contributed by atoms with E-state index in [0.717, 1.165) is 70.6 Å². The summed E-state index contributed by atoms with van der Waals surface area (Å²) in [5.41, 5.74) is 0. The van der Waals surface area contributed by atoms with Gasteiger partial charge in [-0.15, -0.1) is 0 Å². The second-order valence-corrected chi connectivity index (χ2v) is 14.7. The number of allylic oxidation sites excluding steroid dienone is 11. The number of aliphatic hydroxyl groups is 1. The first-order valence-corrected chi connectivity index (χ1v) is 21.9. The van der Waals surface area contributed by atoms with Crippen molar-refractivity contribution in [1.82, 2.24) is 0 Å². The van der Waals surface area contributed by atoms with Crippen LogP contribution in [0.15, 0.2) is 72.9 Å². The van der Waals surface area contributed by atoms with E-state index in [1.165, 1.54) is 44.9 Å². The molecule has 9 nitrogen and oxygen atoms in total. The molecular formula is C43H73O9P. The number of hydrogen-bond donors (Lipinski definition) is 3.